The molecular weight excluding hydrogens is 611 g/mol. The second-order valence-electron chi connectivity index (χ2n) is 12.4. The Kier molecular flexibility index (Phi) is 11.3. The highest BCUT2D eigenvalue weighted by molar-refractivity contribution is 7.09. The number of nitrogens with zero attached hydrogens (tertiary/aromatic N) is 3. The number of likely N-dealkylation sites (tertiary alicyclic amines) is 1. The third-order valence-electron chi connectivity index (χ3n) is 8.69. The van der Waals surface area contributed by atoms with Crippen LogP contribution < -0.4 is 20.3 Å². The normalized spacial score (nSPS) is 16.4. The van der Waals surface area contributed by atoms with E-state index in [0.29, 0.717) is 24.1 Å². The topological polar surface area (TPSA) is 107 Å². The number of aromatic nitrogens is 1. The molecule has 1 fully saturated rings. The summed E-state index contributed by atoms with van der Waals surface area (Å²) in [6, 6.07) is 22.2. The summed E-state index contributed by atoms with van der Waals surface area (Å²) in [6.07, 6.45) is 1.31. The summed E-state index contributed by atoms with van der Waals surface area (Å²) in [5.74, 6) is 0.300. The van der Waals surface area contributed by atoms with E-state index in [4.69, 9.17) is 4.74 Å². The number of nitrogens with one attached hydrogen (secondary N) is 2. The van der Waals surface area contributed by atoms with E-state index in [2.05, 4.69) is 15.6 Å². The van der Waals surface area contributed by atoms with Crippen molar-refractivity contribution in [3.05, 3.63) is 111 Å². The number of aliphatic hydroxyl groups excluding tert-OH is 1. The molecule has 9 nitrogen and oxygen atoms in total. The maximum atomic E-state index is 14.0. The number of aliphatic hydroxyl groups is 1. The third kappa shape index (κ3) is 8.57. The Balaban J connectivity index is 1.36. The second-order valence-corrected chi connectivity index (χ2v) is 13.3. The first-order chi connectivity index (χ1) is 22.6. The summed E-state index contributed by atoms with van der Waals surface area (Å²) in [6.45, 7) is 4.89. The van der Waals surface area contributed by atoms with Crippen molar-refractivity contribution in [2.45, 2.75) is 57.3 Å². The Morgan fingerprint density at radius 3 is 2.55 bits per heavy atom. The maximum absolute atomic E-state index is 14.0. The van der Waals surface area contributed by atoms with E-state index in [1.807, 2.05) is 104 Å². The Labute approximate surface area is 281 Å². The van der Waals surface area contributed by atoms with Crippen LogP contribution >= 0.6 is 11.3 Å². The third-order valence-corrected chi connectivity index (χ3v) is 9.75. The molecule has 0 aliphatic carbocycles. The SMILES string of the molecule is COc1cccc([C@H](C)NC[C@H](O)[C@H](Cc2ccccc2)NC(=O)c2cc(C(=O)N3CCC[C@@H]3c3nc(C)cs3)cc(N(C)C)c2)c1. The Morgan fingerprint density at radius 1 is 1.09 bits per heavy atom. The van der Waals surface area contributed by atoms with Crippen molar-refractivity contribution in [2.24, 2.45) is 0 Å². The Bertz CT molecular complexity index is 1660. The fourth-order valence-corrected chi connectivity index (χ4v) is 6.90. The van der Waals surface area contributed by atoms with Crippen LogP contribution in [0.2, 0.25) is 0 Å². The molecular formula is C37H45N5O4S. The van der Waals surface area contributed by atoms with E-state index in [0.717, 1.165) is 46.1 Å². The highest BCUT2D eigenvalue weighted by Gasteiger charge is 2.33. The molecule has 2 heterocycles. The van der Waals surface area contributed by atoms with Gasteiger partial charge in [-0.2, -0.15) is 0 Å². The number of rotatable bonds is 13. The largest absolute Gasteiger partial charge is 0.497 e. The number of amides is 2. The first-order valence-electron chi connectivity index (χ1n) is 16.1. The predicted octanol–water partition coefficient (Wildman–Crippen LogP) is 5.56. The van der Waals surface area contributed by atoms with Gasteiger partial charge in [0.05, 0.1) is 25.3 Å². The average molecular weight is 656 g/mol. The summed E-state index contributed by atoms with van der Waals surface area (Å²) in [4.78, 5) is 36.3. The summed E-state index contributed by atoms with van der Waals surface area (Å²) >= 11 is 1.58. The number of anilines is 1. The monoisotopic (exact) mass is 655 g/mol. The molecule has 1 saturated heterocycles. The molecule has 10 heteroatoms. The zero-order valence-electron chi connectivity index (χ0n) is 27.8. The molecule has 0 unspecified atom stereocenters. The summed E-state index contributed by atoms with van der Waals surface area (Å²) in [7, 11) is 5.41. The molecule has 0 saturated carbocycles. The van der Waals surface area contributed by atoms with Crippen molar-refractivity contribution >= 4 is 28.8 Å². The number of carbonyl (C=O) groups excluding carboxylic acids is 2. The van der Waals surface area contributed by atoms with Gasteiger partial charge in [-0.25, -0.2) is 4.98 Å². The van der Waals surface area contributed by atoms with Crippen molar-refractivity contribution in [3.8, 4) is 5.75 Å². The van der Waals surface area contributed by atoms with Crippen LogP contribution in [0.25, 0.3) is 0 Å². The number of thiazole rings is 1. The lowest BCUT2D eigenvalue weighted by molar-refractivity contribution is 0.0735. The zero-order valence-corrected chi connectivity index (χ0v) is 28.6. The number of hydrogen-bond acceptors (Lipinski definition) is 8. The molecule has 248 valence electrons. The van der Waals surface area contributed by atoms with Gasteiger partial charge in [0.1, 0.15) is 10.8 Å². The van der Waals surface area contributed by atoms with Crippen LogP contribution in [0.4, 0.5) is 5.69 Å². The number of carbonyl (C=O) groups is 2. The highest BCUT2D eigenvalue weighted by atomic mass is 32.1. The minimum Gasteiger partial charge on any atom is -0.497 e. The van der Waals surface area contributed by atoms with Gasteiger partial charge in [0.25, 0.3) is 11.8 Å². The fourth-order valence-electron chi connectivity index (χ4n) is 5.95. The molecule has 4 atom stereocenters. The van der Waals surface area contributed by atoms with Gasteiger partial charge in [-0.05, 0) is 74.6 Å². The molecule has 0 spiro atoms. The van der Waals surface area contributed by atoms with Crippen molar-refractivity contribution in [3.63, 3.8) is 0 Å². The van der Waals surface area contributed by atoms with Crippen molar-refractivity contribution in [1.29, 1.82) is 0 Å². The van der Waals surface area contributed by atoms with Gasteiger partial charge >= 0.3 is 0 Å². The van der Waals surface area contributed by atoms with Crippen molar-refractivity contribution in [2.75, 3.05) is 39.2 Å². The van der Waals surface area contributed by atoms with Crippen molar-refractivity contribution < 1.29 is 19.4 Å². The number of methoxy groups -OCH3 is 1. The molecule has 1 aliphatic rings. The van der Waals surface area contributed by atoms with E-state index in [9.17, 15) is 14.7 Å². The van der Waals surface area contributed by atoms with Crippen LogP contribution in [0.15, 0.2) is 78.2 Å². The lowest BCUT2D eigenvalue weighted by atomic mass is 9.99. The van der Waals surface area contributed by atoms with Crippen LogP contribution in [-0.4, -0.2) is 73.2 Å². The van der Waals surface area contributed by atoms with Crippen LogP contribution in [0.3, 0.4) is 0 Å². The number of benzene rings is 3. The van der Waals surface area contributed by atoms with Crippen LogP contribution in [-0.2, 0) is 6.42 Å². The molecule has 0 radical (unpaired) electrons. The number of hydrogen-bond donors (Lipinski definition) is 3. The smallest absolute Gasteiger partial charge is 0.254 e. The van der Waals surface area contributed by atoms with E-state index in [1.165, 1.54) is 0 Å². The molecule has 1 aliphatic heterocycles. The molecule has 3 N–H and O–H groups in total. The maximum Gasteiger partial charge on any atom is 0.254 e. The van der Waals surface area contributed by atoms with Gasteiger partial charge in [0.2, 0.25) is 0 Å². The predicted molar refractivity (Wildman–Crippen MR) is 187 cm³/mol. The fraction of sp³-hybridized carbons (Fsp3) is 0.378. The Hall–Kier alpha value is -4.25. The van der Waals surface area contributed by atoms with Gasteiger partial charge in [-0.15, -0.1) is 11.3 Å². The van der Waals surface area contributed by atoms with E-state index >= 15 is 0 Å². The molecule has 0 bridgehead atoms. The molecule has 5 rings (SSSR count). The minimum absolute atomic E-state index is 0.0547. The standard InChI is InChI=1S/C37H45N5O4S/c1-24-23-47-36(39-24)33-15-10-16-42(33)37(45)29-18-28(19-30(20-29)41(3)4)35(44)40-32(17-26-11-7-6-8-12-26)34(43)22-38-25(2)27-13-9-14-31(21-27)46-5/h6-9,11-14,18-21,23,25,32-34,38,43H,10,15-17,22H2,1-5H3,(H,40,44)/t25-,32-,33+,34-/m0/s1. The number of ether oxygens (including phenoxy) is 1. The number of aryl methyl sites for hydroxylation is 1. The highest BCUT2D eigenvalue weighted by Crippen LogP contribution is 2.35. The molecule has 47 heavy (non-hydrogen) atoms. The van der Waals surface area contributed by atoms with Gasteiger partial charge in [-0.1, -0.05) is 42.5 Å². The van der Waals surface area contributed by atoms with Crippen LogP contribution in [0.5, 0.6) is 5.75 Å². The van der Waals surface area contributed by atoms with Gasteiger partial charge in [0, 0.05) is 61.1 Å². The molecule has 2 amide bonds. The van der Waals surface area contributed by atoms with Crippen LogP contribution in [0.1, 0.15) is 74.4 Å². The zero-order chi connectivity index (χ0) is 33.5. The summed E-state index contributed by atoms with van der Waals surface area (Å²) < 4.78 is 5.37. The van der Waals surface area contributed by atoms with Gasteiger partial charge in [0.15, 0.2) is 0 Å². The molecule has 3 aromatic carbocycles. The Morgan fingerprint density at radius 2 is 1.85 bits per heavy atom. The summed E-state index contributed by atoms with van der Waals surface area (Å²) in [5.41, 5.74) is 4.54. The van der Waals surface area contributed by atoms with E-state index < -0.39 is 12.1 Å². The molecule has 1 aromatic heterocycles. The minimum atomic E-state index is -0.891. The second kappa shape index (κ2) is 15.6. The van der Waals surface area contributed by atoms with Gasteiger partial charge < -0.3 is 30.3 Å². The lowest BCUT2D eigenvalue weighted by Gasteiger charge is -2.27. The van der Waals surface area contributed by atoms with E-state index in [-0.39, 0.29) is 30.4 Å². The van der Waals surface area contributed by atoms with Crippen LogP contribution in [0, 0.1) is 6.92 Å². The molecule has 4 aromatic rings. The van der Waals surface area contributed by atoms with Gasteiger partial charge in [-0.3, -0.25) is 9.59 Å². The first-order valence-corrected chi connectivity index (χ1v) is 17.0. The quantitative estimate of drug-likeness (QED) is 0.173. The average Bonchev–Trinajstić information content (AvgIpc) is 3.75. The van der Waals surface area contributed by atoms with E-state index in [1.54, 1.807) is 30.6 Å². The first kappa shape index (κ1) is 34.1. The lowest BCUT2D eigenvalue weighted by Crippen LogP contribution is -2.49. The van der Waals surface area contributed by atoms with Crippen molar-refractivity contribution in [1.82, 2.24) is 20.5 Å². The summed E-state index contributed by atoms with van der Waals surface area (Å²) in [5, 5.41) is 20.9.